The first-order valence-corrected chi connectivity index (χ1v) is 6.05. The zero-order chi connectivity index (χ0) is 10.4. The van der Waals surface area contributed by atoms with Crippen molar-refractivity contribution in [1.29, 1.82) is 0 Å². The molecule has 0 bridgehead atoms. The first-order chi connectivity index (χ1) is 6.72. The Balaban J connectivity index is 2.23. The Kier molecular flexibility index (Phi) is 5.49. The monoisotopic (exact) mass is 199 g/mol. The number of hydrogen-bond donors (Lipinski definition) is 1. The van der Waals surface area contributed by atoms with Crippen molar-refractivity contribution in [2.45, 2.75) is 39.5 Å². The van der Waals surface area contributed by atoms with Gasteiger partial charge in [0.25, 0.3) is 0 Å². The SMILES string of the molecule is CC(C)CC(CO)CN1CCCCC1. The van der Waals surface area contributed by atoms with Gasteiger partial charge in [-0.3, -0.25) is 0 Å². The van der Waals surface area contributed by atoms with E-state index >= 15 is 0 Å². The molecule has 0 saturated carbocycles. The zero-order valence-corrected chi connectivity index (χ0v) is 9.71. The number of hydrogen-bond acceptors (Lipinski definition) is 2. The smallest absolute Gasteiger partial charge is 0.0471 e. The maximum atomic E-state index is 9.28. The molecule has 84 valence electrons. The summed E-state index contributed by atoms with van der Waals surface area (Å²) in [4.78, 5) is 2.52. The summed E-state index contributed by atoms with van der Waals surface area (Å²) >= 11 is 0. The van der Waals surface area contributed by atoms with Crippen molar-refractivity contribution in [2.24, 2.45) is 11.8 Å². The molecule has 14 heavy (non-hydrogen) atoms. The third-order valence-electron chi connectivity index (χ3n) is 3.03. The fraction of sp³-hybridized carbons (Fsp3) is 1.00. The summed E-state index contributed by atoms with van der Waals surface area (Å²) in [7, 11) is 0. The molecule has 1 heterocycles. The van der Waals surface area contributed by atoms with Gasteiger partial charge in [-0.05, 0) is 44.2 Å². The van der Waals surface area contributed by atoms with Gasteiger partial charge in [-0.1, -0.05) is 20.3 Å². The Morgan fingerprint density at radius 1 is 1.14 bits per heavy atom. The molecular formula is C12H25NO. The van der Waals surface area contributed by atoms with Gasteiger partial charge in [0.05, 0.1) is 0 Å². The first-order valence-electron chi connectivity index (χ1n) is 6.05. The van der Waals surface area contributed by atoms with E-state index in [0.29, 0.717) is 18.4 Å². The van der Waals surface area contributed by atoms with Crippen LogP contribution in [0.3, 0.4) is 0 Å². The Morgan fingerprint density at radius 2 is 1.79 bits per heavy atom. The van der Waals surface area contributed by atoms with E-state index in [0.717, 1.165) is 13.0 Å². The van der Waals surface area contributed by atoms with Crippen molar-refractivity contribution in [2.75, 3.05) is 26.2 Å². The van der Waals surface area contributed by atoms with Crippen molar-refractivity contribution in [1.82, 2.24) is 4.90 Å². The summed E-state index contributed by atoms with van der Waals surface area (Å²) in [5.41, 5.74) is 0. The Hall–Kier alpha value is -0.0800. The lowest BCUT2D eigenvalue weighted by atomic mass is 9.96. The largest absolute Gasteiger partial charge is 0.396 e. The topological polar surface area (TPSA) is 23.5 Å². The van der Waals surface area contributed by atoms with Gasteiger partial charge in [0.2, 0.25) is 0 Å². The van der Waals surface area contributed by atoms with Crippen molar-refractivity contribution < 1.29 is 5.11 Å². The van der Waals surface area contributed by atoms with Crippen molar-refractivity contribution in [3.63, 3.8) is 0 Å². The normalized spacial score (nSPS) is 21.4. The average molecular weight is 199 g/mol. The van der Waals surface area contributed by atoms with E-state index in [1.165, 1.54) is 32.4 Å². The van der Waals surface area contributed by atoms with Crippen LogP contribution >= 0.6 is 0 Å². The standard InChI is InChI=1S/C12H25NO/c1-11(2)8-12(10-14)9-13-6-4-3-5-7-13/h11-12,14H,3-10H2,1-2H3. The molecule has 1 aliphatic rings. The summed E-state index contributed by atoms with van der Waals surface area (Å²) < 4.78 is 0. The van der Waals surface area contributed by atoms with Crippen LogP contribution in [0.5, 0.6) is 0 Å². The molecule has 0 aliphatic carbocycles. The lowest BCUT2D eigenvalue weighted by Gasteiger charge is -2.30. The van der Waals surface area contributed by atoms with E-state index in [9.17, 15) is 5.11 Å². The molecule has 0 aromatic rings. The highest BCUT2D eigenvalue weighted by Crippen LogP contribution is 2.16. The summed E-state index contributed by atoms with van der Waals surface area (Å²) in [5, 5.41) is 9.28. The van der Waals surface area contributed by atoms with E-state index in [4.69, 9.17) is 0 Å². The molecule has 2 nitrogen and oxygen atoms in total. The van der Waals surface area contributed by atoms with Gasteiger partial charge in [-0.2, -0.15) is 0 Å². The minimum atomic E-state index is 0.356. The average Bonchev–Trinajstić information content (AvgIpc) is 2.17. The molecule has 0 amide bonds. The second kappa shape index (κ2) is 6.41. The molecule has 1 N–H and O–H groups in total. The van der Waals surface area contributed by atoms with Gasteiger partial charge >= 0.3 is 0 Å². The molecule has 0 aromatic carbocycles. The Bertz CT molecular complexity index is 141. The zero-order valence-electron chi connectivity index (χ0n) is 9.71. The van der Waals surface area contributed by atoms with Crippen LogP contribution < -0.4 is 0 Å². The molecule has 1 aliphatic heterocycles. The molecular weight excluding hydrogens is 174 g/mol. The molecule has 1 saturated heterocycles. The first kappa shape index (κ1) is 12.0. The summed E-state index contributed by atoms with van der Waals surface area (Å²) in [6, 6.07) is 0. The number of aliphatic hydroxyl groups excluding tert-OH is 1. The quantitative estimate of drug-likeness (QED) is 0.733. The third kappa shape index (κ3) is 4.43. The van der Waals surface area contributed by atoms with Crippen LogP contribution in [0.25, 0.3) is 0 Å². The van der Waals surface area contributed by atoms with Crippen molar-refractivity contribution >= 4 is 0 Å². The van der Waals surface area contributed by atoms with Crippen LogP contribution in [0.4, 0.5) is 0 Å². The third-order valence-corrected chi connectivity index (χ3v) is 3.03. The highest BCUT2D eigenvalue weighted by Gasteiger charge is 2.16. The lowest BCUT2D eigenvalue weighted by molar-refractivity contribution is 0.133. The molecule has 0 spiro atoms. The highest BCUT2D eigenvalue weighted by molar-refractivity contribution is 4.70. The van der Waals surface area contributed by atoms with Crippen molar-refractivity contribution in [3.8, 4) is 0 Å². The maximum absolute atomic E-state index is 9.28. The lowest BCUT2D eigenvalue weighted by Crippen LogP contribution is -2.35. The van der Waals surface area contributed by atoms with Crippen molar-refractivity contribution in [3.05, 3.63) is 0 Å². The fourth-order valence-electron chi connectivity index (χ4n) is 2.38. The van der Waals surface area contributed by atoms with E-state index in [1.54, 1.807) is 0 Å². The second-order valence-electron chi connectivity index (χ2n) is 5.04. The van der Waals surface area contributed by atoms with E-state index in [1.807, 2.05) is 0 Å². The molecule has 0 aromatic heterocycles. The van der Waals surface area contributed by atoms with E-state index < -0.39 is 0 Å². The van der Waals surface area contributed by atoms with Crippen LogP contribution in [-0.2, 0) is 0 Å². The molecule has 0 radical (unpaired) electrons. The number of rotatable bonds is 5. The maximum Gasteiger partial charge on any atom is 0.0471 e. The number of likely N-dealkylation sites (tertiary alicyclic amines) is 1. The molecule has 1 unspecified atom stereocenters. The van der Waals surface area contributed by atoms with Crippen LogP contribution in [0.15, 0.2) is 0 Å². The van der Waals surface area contributed by atoms with Gasteiger partial charge < -0.3 is 10.0 Å². The van der Waals surface area contributed by atoms with Crippen LogP contribution in [-0.4, -0.2) is 36.2 Å². The second-order valence-corrected chi connectivity index (χ2v) is 5.04. The van der Waals surface area contributed by atoms with Crippen LogP contribution in [0.1, 0.15) is 39.5 Å². The Morgan fingerprint density at radius 3 is 2.29 bits per heavy atom. The summed E-state index contributed by atoms with van der Waals surface area (Å²) in [5.74, 6) is 1.20. The van der Waals surface area contributed by atoms with Crippen LogP contribution in [0, 0.1) is 11.8 Å². The molecule has 2 heteroatoms. The summed E-state index contributed by atoms with van der Waals surface area (Å²) in [6.07, 6.45) is 5.25. The molecule has 1 rings (SSSR count). The Labute approximate surface area is 88.3 Å². The minimum Gasteiger partial charge on any atom is -0.396 e. The fourth-order valence-corrected chi connectivity index (χ4v) is 2.38. The van der Waals surface area contributed by atoms with Gasteiger partial charge in [-0.15, -0.1) is 0 Å². The predicted molar refractivity (Wildman–Crippen MR) is 60.3 cm³/mol. The van der Waals surface area contributed by atoms with Gasteiger partial charge in [0.1, 0.15) is 0 Å². The van der Waals surface area contributed by atoms with E-state index in [2.05, 4.69) is 18.7 Å². The molecule has 1 fully saturated rings. The highest BCUT2D eigenvalue weighted by atomic mass is 16.3. The minimum absolute atomic E-state index is 0.356. The molecule has 1 atom stereocenters. The number of nitrogens with zero attached hydrogens (tertiary/aromatic N) is 1. The number of piperidine rings is 1. The number of aliphatic hydroxyl groups is 1. The van der Waals surface area contributed by atoms with Gasteiger partial charge in [0, 0.05) is 13.2 Å². The van der Waals surface area contributed by atoms with Gasteiger partial charge in [-0.25, -0.2) is 0 Å². The predicted octanol–water partition coefficient (Wildman–Crippen LogP) is 2.13. The van der Waals surface area contributed by atoms with Crippen LogP contribution in [0.2, 0.25) is 0 Å². The summed E-state index contributed by atoms with van der Waals surface area (Å²) in [6.45, 7) is 8.42. The van der Waals surface area contributed by atoms with E-state index in [-0.39, 0.29) is 0 Å². The van der Waals surface area contributed by atoms with Gasteiger partial charge in [0.15, 0.2) is 0 Å².